The molecule has 0 bridgehead atoms. The molecule has 1 amide bonds. The summed E-state index contributed by atoms with van der Waals surface area (Å²) in [5.74, 6) is 0.590. The smallest absolute Gasteiger partial charge is 0.255 e. The quantitative estimate of drug-likeness (QED) is 0.608. The lowest BCUT2D eigenvalue weighted by molar-refractivity contribution is 0.102. The van der Waals surface area contributed by atoms with Crippen molar-refractivity contribution in [2.45, 2.75) is 12.8 Å². The maximum atomic E-state index is 12.6. The minimum Gasteiger partial charge on any atom is -0.492 e. The van der Waals surface area contributed by atoms with E-state index in [-0.39, 0.29) is 5.91 Å². The number of benzene rings is 2. The van der Waals surface area contributed by atoms with E-state index in [4.69, 9.17) is 16.3 Å². The van der Waals surface area contributed by atoms with Crippen LogP contribution in [-0.4, -0.2) is 46.8 Å². The third kappa shape index (κ3) is 4.83. The molecule has 1 aliphatic rings. The molecule has 1 N–H and O–H groups in total. The Hall–Kier alpha value is -2.83. The van der Waals surface area contributed by atoms with Gasteiger partial charge in [0, 0.05) is 41.6 Å². The number of nitrogens with one attached hydrogen (secondary N) is 1. The fraction of sp³-hybridized carbons (Fsp3) is 0.304. The van der Waals surface area contributed by atoms with Gasteiger partial charge in [-0.05, 0) is 74.5 Å². The monoisotopic (exact) mass is 424 g/mol. The van der Waals surface area contributed by atoms with Gasteiger partial charge in [-0.25, -0.2) is 0 Å². The van der Waals surface area contributed by atoms with E-state index in [0.717, 1.165) is 36.6 Å². The van der Waals surface area contributed by atoms with Crippen molar-refractivity contribution in [3.05, 3.63) is 65.3 Å². The van der Waals surface area contributed by atoms with Crippen LogP contribution in [0.4, 0.5) is 5.69 Å². The van der Waals surface area contributed by atoms with E-state index >= 15 is 0 Å². The molecular formula is C23H25ClN4O2. The highest BCUT2D eigenvalue weighted by Gasteiger charge is 2.15. The number of aromatic nitrogens is 2. The molecule has 0 saturated carbocycles. The van der Waals surface area contributed by atoms with Gasteiger partial charge < -0.3 is 10.1 Å². The number of aryl methyl sites for hydroxylation is 1. The standard InChI is InChI=1S/C23H25ClN4O2/c1-27-21(10-11-25-27)20-16-19(26-23(29)17-4-6-18(24)7-5-17)8-9-22(20)30-15-14-28-12-2-3-13-28/h4-11,16H,2-3,12-15H2,1H3,(H,26,29). The Morgan fingerprint density at radius 3 is 2.60 bits per heavy atom. The zero-order valence-corrected chi connectivity index (χ0v) is 17.7. The summed E-state index contributed by atoms with van der Waals surface area (Å²) in [5.41, 5.74) is 3.06. The molecule has 6 nitrogen and oxygen atoms in total. The first-order chi connectivity index (χ1) is 14.6. The molecule has 1 aliphatic heterocycles. The van der Waals surface area contributed by atoms with E-state index in [1.165, 1.54) is 12.8 Å². The molecule has 0 aliphatic carbocycles. The third-order valence-electron chi connectivity index (χ3n) is 5.30. The van der Waals surface area contributed by atoms with Crippen LogP contribution < -0.4 is 10.1 Å². The summed E-state index contributed by atoms with van der Waals surface area (Å²) in [6.45, 7) is 3.84. The lowest BCUT2D eigenvalue weighted by Gasteiger charge is -2.17. The first-order valence-corrected chi connectivity index (χ1v) is 10.5. The molecule has 4 rings (SSSR count). The fourth-order valence-corrected chi connectivity index (χ4v) is 3.79. The Morgan fingerprint density at radius 2 is 1.90 bits per heavy atom. The number of anilines is 1. The number of ether oxygens (including phenoxy) is 1. The van der Waals surface area contributed by atoms with Gasteiger partial charge in [-0.1, -0.05) is 11.6 Å². The van der Waals surface area contributed by atoms with Crippen molar-refractivity contribution in [2.75, 3.05) is 31.6 Å². The lowest BCUT2D eigenvalue weighted by atomic mass is 10.1. The van der Waals surface area contributed by atoms with Crippen LogP contribution in [0.2, 0.25) is 5.02 Å². The maximum Gasteiger partial charge on any atom is 0.255 e. The molecular weight excluding hydrogens is 400 g/mol. The molecule has 1 aromatic heterocycles. The number of carbonyl (C=O) groups is 1. The topological polar surface area (TPSA) is 59.4 Å². The molecule has 156 valence electrons. The van der Waals surface area contributed by atoms with Crippen molar-refractivity contribution >= 4 is 23.2 Å². The van der Waals surface area contributed by atoms with Crippen LogP contribution in [0.1, 0.15) is 23.2 Å². The van der Waals surface area contributed by atoms with Gasteiger partial charge in [-0.15, -0.1) is 0 Å². The van der Waals surface area contributed by atoms with Crippen molar-refractivity contribution in [3.63, 3.8) is 0 Å². The minimum atomic E-state index is -0.190. The summed E-state index contributed by atoms with van der Waals surface area (Å²) >= 11 is 5.91. The van der Waals surface area contributed by atoms with Crippen molar-refractivity contribution in [2.24, 2.45) is 7.05 Å². The van der Waals surface area contributed by atoms with Crippen molar-refractivity contribution < 1.29 is 9.53 Å². The van der Waals surface area contributed by atoms with Crippen molar-refractivity contribution in [1.29, 1.82) is 0 Å². The number of hydrogen-bond donors (Lipinski definition) is 1. The SMILES string of the molecule is Cn1nccc1-c1cc(NC(=O)c2ccc(Cl)cc2)ccc1OCCN1CCCC1. The molecule has 2 aromatic carbocycles. The van der Waals surface area contributed by atoms with Gasteiger partial charge in [0.05, 0.1) is 5.69 Å². The summed E-state index contributed by atoms with van der Waals surface area (Å²) < 4.78 is 7.92. The second-order valence-corrected chi connectivity index (χ2v) is 7.85. The second-order valence-electron chi connectivity index (χ2n) is 7.41. The van der Waals surface area contributed by atoms with Crippen LogP contribution in [0.25, 0.3) is 11.3 Å². The average molecular weight is 425 g/mol. The van der Waals surface area contributed by atoms with Gasteiger partial charge in [0.1, 0.15) is 12.4 Å². The fourth-order valence-electron chi connectivity index (χ4n) is 3.67. The number of rotatable bonds is 7. The van der Waals surface area contributed by atoms with Gasteiger partial charge in [-0.2, -0.15) is 5.10 Å². The average Bonchev–Trinajstić information content (AvgIpc) is 3.41. The molecule has 2 heterocycles. The van der Waals surface area contributed by atoms with Gasteiger partial charge in [-0.3, -0.25) is 14.4 Å². The molecule has 0 unspecified atom stereocenters. The summed E-state index contributed by atoms with van der Waals surface area (Å²) in [7, 11) is 1.89. The number of carbonyl (C=O) groups excluding carboxylic acids is 1. The Bertz CT molecular complexity index is 1010. The number of likely N-dealkylation sites (tertiary alicyclic amines) is 1. The van der Waals surface area contributed by atoms with Gasteiger partial charge in [0.15, 0.2) is 0 Å². The van der Waals surface area contributed by atoms with Crippen LogP contribution >= 0.6 is 11.6 Å². The maximum absolute atomic E-state index is 12.6. The van der Waals surface area contributed by atoms with Crippen LogP contribution in [0.15, 0.2) is 54.7 Å². The van der Waals surface area contributed by atoms with E-state index in [0.29, 0.717) is 22.9 Å². The van der Waals surface area contributed by atoms with E-state index in [2.05, 4.69) is 15.3 Å². The van der Waals surface area contributed by atoms with E-state index < -0.39 is 0 Å². The first-order valence-electron chi connectivity index (χ1n) is 10.1. The zero-order valence-electron chi connectivity index (χ0n) is 17.0. The molecule has 0 atom stereocenters. The molecule has 0 radical (unpaired) electrons. The van der Waals surface area contributed by atoms with E-state index in [1.807, 2.05) is 31.3 Å². The summed E-state index contributed by atoms with van der Waals surface area (Å²) in [4.78, 5) is 15.0. The van der Waals surface area contributed by atoms with Crippen molar-refractivity contribution in [1.82, 2.24) is 14.7 Å². The summed E-state index contributed by atoms with van der Waals surface area (Å²) in [6, 6.07) is 14.4. The van der Waals surface area contributed by atoms with Crippen LogP contribution in [0, 0.1) is 0 Å². The minimum absolute atomic E-state index is 0.190. The highest BCUT2D eigenvalue weighted by Crippen LogP contribution is 2.32. The molecule has 3 aromatic rings. The molecule has 1 saturated heterocycles. The van der Waals surface area contributed by atoms with Gasteiger partial charge >= 0.3 is 0 Å². The predicted molar refractivity (Wildman–Crippen MR) is 119 cm³/mol. The zero-order chi connectivity index (χ0) is 20.9. The highest BCUT2D eigenvalue weighted by atomic mass is 35.5. The van der Waals surface area contributed by atoms with Gasteiger partial charge in [0.2, 0.25) is 0 Å². The molecule has 30 heavy (non-hydrogen) atoms. The molecule has 1 fully saturated rings. The Kier molecular flexibility index (Phi) is 6.35. The first kappa shape index (κ1) is 20.4. The summed E-state index contributed by atoms with van der Waals surface area (Å²) in [5, 5.41) is 7.83. The Balaban J connectivity index is 1.53. The van der Waals surface area contributed by atoms with Crippen molar-refractivity contribution in [3.8, 4) is 17.0 Å². The largest absolute Gasteiger partial charge is 0.492 e. The molecule has 7 heteroatoms. The number of nitrogens with zero attached hydrogens (tertiary/aromatic N) is 3. The predicted octanol–water partition coefficient (Wildman–Crippen LogP) is 4.47. The van der Waals surface area contributed by atoms with E-state index in [1.54, 1.807) is 35.1 Å². The van der Waals surface area contributed by atoms with Crippen LogP contribution in [-0.2, 0) is 7.05 Å². The number of amides is 1. The highest BCUT2D eigenvalue weighted by molar-refractivity contribution is 6.30. The Labute approximate surface area is 181 Å². The Morgan fingerprint density at radius 1 is 1.13 bits per heavy atom. The number of halogens is 1. The second kappa shape index (κ2) is 9.32. The van der Waals surface area contributed by atoms with Crippen LogP contribution in [0.5, 0.6) is 5.75 Å². The van der Waals surface area contributed by atoms with E-state index in [9.17, 15) is 4.79 Å². The van der Waals surface area contributed by atoms with Gasteiger partial charge in [0.25, 0.3) is 5.91 Å². The number of hydrogen-bond acceptors (Lipinski definition) is 4. The van der Waals surface area contributed by atoms with Crippen LogP contribution in [0.3, 0.4) is 0 Å². The normalized spacial score (nSPS) is 14.1. The summed E-state index contributed by atoms with van der Waals surface area (Å²) in [6.07, 6.45) is 4.28. The third-order valence-corrected chi connectivity index (χ3v) is 5.56. The molecule has 0 spiro atoms. The lowest BCUT2D eigenvalue weighted by Crippen LogP contribution is -2.25.